The van der Waals surface area contributed by atoms with Crippen molar-refractivity contribution < 1.29 is 4.42 Å². The Morgan fingerprint density at radius 1 is 1.43 bits per heavy atom. The molecule has 0 aliphatic heterocycles. The summed E-state index contributed by atoms with van der Waals surface area (Å²) in [6.45, 7) is 8.25. The Bertz CT molecular complexity index is 281. The van der Waals surface area contributed by atoms with Crippen molar-refractivity contribution >= 4 is 11.8 Å². The second kappa shape index (κ2) is 4.89. The van der Waals surface area contributed by atoms with E-state index in [1.54, 1.807) is 0 Å². The predicted octanol–water partition coefficient (Wildman–Crippen LogP) is 2.82. The quantitative estimate of drug-likeness (QED) is 0.814. The van der Waals surface area contributed by atoms with E-state index in [9.17, 15) is 0 Å². The molecule has 0 aromatic carbocycles. The van der Waals surface area contributed by atoms with Gasteiger partial charge in [-0.2, -0.15) is 11.8 Å². The maximum Gasteiger partial charge on any atom is 0.117 e. The van der Waals surface area contributed by atoms with Gasteiger partial charge in [0, 0.05) is 11.3 Å². The molecule has 1 aromatic heterocycles. The molecule has 0 fully saturated rings. The summed E-state index contributed by atoms with van der Waals surface area (Å²) in [5.74, 6) is 1.99. The van der Waals surface area contributed by atoms with E-state index in [0.717, 1.165) is 24.6 Å². The Kier molecular flexibility index (Phi) is 4.08. The standard InChI is InChI=1S/C11H19NOS/c1-9-5-6-10(13-9)7-12-8-11(2,3)14-4/h5-6,12H,7-8H2,1-4H3. The van der Waals surface area contributed by atoms with Crippen molar-refractivity contribution in [1.29, 1.82) is 0 Å². The minimum Gasteiger partial charge on any atom is -0.465 e. The SMILES string of the molecule is CSC(C)(C)CNCc1ccc(C)o1. The van der Waals surface area contributed by atoms with Crippen LogP contribution in [0, 0.1) is 6.92 Å². The molecule has 1 aromatic rings. The number of nitrogens with one attached hydrogen (secondary N) is 1. The highest BCUT2D eigenvalue weighted by Crippen LogP contribution is 2.19. The fraction of sp³-hybridized carbons (Fsp3) is 0.636. The Morgan fingerprint density at radius 2 is 2.14 bits per heavy atom. The van der Waals surface area contributed by atoms with Crippen molar-refractivity contribution in [2.24, 2.45) is 0 Å². The summed E-state index contributed by atoms with van der Waals surface area (Å²) in [7, 11) is 0. The summed E-state index contributed by atoms with van der Waals surface area (Å²) in [5, 5.41) is 3.39. The lowest BCUT2D eigenvalue weighted by molar-refractivity contribution is 0.455. The fourth-order valence-corrected chi connectivity index (χ4v) is 1.39. The Hall–Kier alpha value is -0.410. The smallest absolute Gasteiger partial charge is 0.117 e. The molecule has 0 spiro atoms. The van der Waals surface area contributed by atoms with E-state index in [1.165, 1.54) is 0 Å². The van der Waals surface area contributed by atoms with Crippen molar-refractivity contribution in [2.45, 2.75) is 32.1 Å². The van der Waals surface area contributed by atoms with Crippen molar-refractivity contribution in [3.8, 4) is 0 Å². The molecule has 0 atom stereocenters. The van der Waals surface area contributed by atoms with Crippen LogP contribution in [0.2, 0.25) is 0 Å². The van der Waals surface area contributed by atoms with Crippen LogP contribution < -0.4 is 5.32 Å². The highest BCUT2D eigenvalue weighted by molar-refractivity contribution is 7.99. The van der Waals surface area contributed by atoms with Gasteiger partial charge in [-0.25, -0.2) is 0 Å². The predicted molar refractivity (Wildman–Crippen MR) is 62.7 cm³/mol. The first-order valence-corrected chi connectivity index (χ1v) is 6.07. The minimum atomic E-state index is 0.293. The molecule has 80 valence electrons. The topological polar surface area (TPSA) is 25.2 Å². The van der Waals surface area contributed by atoms with E-state index in [0.29, 0.717) is 4.75 Å². The summed E-state index contributed by atoms with van der Waals surface area (Å²) in [5.41, 5.74) is 0. The Morgan fingerprint density at radius 3 is 2.64 bits per heavy atom. The summed E-state index contributed by atoms with van der Waals surface area (Å²) >= 11 is 1.87. The van der Waals surface area contributed by atoms with E-state index in [2.05, 4.69) is 25.4 Å². The number of thioether (sulfide) groups is 1. The highest BCUT2D eigenvalue weighted by atomic mass is 32.2. The summed E-state index contributed by atoms with van der Waals surface area (Å²) in [6.07, 6.45) is 2.14. The molecule has 0 unspecified atom stereocenters. The summed E-state index contributed by atoms with van der Waals surface area (Å²) in [4.78, 5) is 0. The van der Waals surface area contributed by atoms with Gasteiger partial charge in [0.1, 0.15) is 11.5 Å². The lowest BCUT2D eigenvalue weighted by Crippen LogP contribution is -2.31. The van der Waals surface area contributed by atoms with E-state index in [4.69, 9.17) is 4.42 Å². The molecule has 14 heavy (non-hydrogen) atoms. The van der Waals surface area contributed by atoms with Crippen LogP contribution in [0.4, 0.5) is 0 Å². The van der Waals surface area contributed by atoms with Crippen LogP contribution in [-0.2, 0) is 6.54 Å². The zero-order valence-corrected chi connectivity index (χ0v) is 10.2. The summed E-state index contributed by atoms with van der Waals surface area (Å²) < 4.78 is 5.76. The van der Waals surface area contributed by atoms with Gasteiger partial charge >= 0.3 is 0 Å². The maximum absolute atomic E-state index is 5.46. The number of hydrogen-bond donors (Lipinski definition) is 1. The van der Waals surface area contributed by atoms with Gasteiger partial charge in [-0.15, -0.1) is 0 Å². The van der Waals surface area contributed by atoms with Crippen LogP contribution in [-0.4, -0.2) is 17.5 Å². The first-order chi connectivity index (χ1) is 6.53. The molecule has 0 radical (unpaired) electrons. The van der Waals surface area contributed by atoms with Crippen molar-refractivity contribution in [2.75, 3.05) is 12.8 Å². The van der Waals surface area contributed by atoms with Gasteiger partial charge in [-0.1, -0.05) is 0 Å². The molecule has 0 amide bonds. The van der Waals surface area contributed by atoms with Crippen LogP contribution in [0.25, 0.3) is 0 Å². The fourth-order valence-electron chi connectivity index (χ4n) is 1.14. The maximum atomic E-state index is 5.46. The highest BCUT2D eigenvalue weighted by Gasteiger charge is 2.14. The van der Waals surface area contributed by atoms with E-state index >= 15 is 0 Å². The van der Waals surface area contributed by atoms with Crippen LogP contribution in [0.15, 0.2) is 16.5 Å². The van der Waals surface area contributed by atoms with Gasteiger partial charge < -0.3 is 9.73 Å². The minimum absolute atomic E-state index is 0.293. The molecule has 1 heterocycles. The molecule has 1 N–H and O–H groups in total. The van der Waals surface area contributed by atoms with Gasteiger partial charge in [0.25, 0.3) is 0 Å². The average Bonchev–Trinajstić information content (AvgIpc) is 2.51. The van der Waals surface area contributed by atoms with Crippen LogP contribution in [0.1, 0.15) is 25.4 Å². The molecular formula is C11H19NOS. The molecule has 1 rings (SSSR count). The zero-order chi connectivity index (χ0) is 10.6. The third-order valence-electron chi connectivity index (χ3n) is 2.20. The van der Waals surface area contributed by atoms with Gasteiger partial charge in [0.05, 0.1) is 6.54 Å². The zero-order valence-electron chi connectivity index (χ0n) is 9.39. The third kappa shape index (κ3) is 3.76. The molecule has 3 heteroatoms. The normalized spacial score (nSPS) is 12.0. The summed E-state index contributed by atoms with van der Waals surface area (Å²) in [6, 6.07) is 4.02. The largest absolute Gasteiger partial charge is 0.465 e. The van der Waals surface area contributed by atoms with Gasteiger partial charge in [0.15, 0.2) is 0 Å². The number of hydrogen-bond acceptors (Lipinski definition) is 3. The molecule has 0 saturated carbocycles. The van der Waals surface area contributed by atoms with Crippen molar-refractivity contribution in [3.63, 3.8) is 0 Å². The Labute approximate surface area is 90.5 Å². The van der Waals surface area contributed by atoms with Crippen molar-refractivity contribution in [3.05, 3.63) is 23.7 Å². The van der Waals surface area contributed by atoms with E-state index in [1.807, 2.05) is 30.8 Å². The third-order valence-corrected chi connectivity index (χ3v) is 3.45. The molecular weight excluding hydrogens is 194 g/mol. The van der Waals surface area contributed by atoms with Crippen molar-refractivity contribution in [1.82, 2.24) is 5.32 Å². The Balaban J connectivity index is 2.28. The molecule has 0 bridgehead atoms. The number of furan rings is 1. The number of aryl methyl sites for hydroxylation is 1. The molecule has 0 aliphatic rings. The molecule has 2 nitrogen and oxygen atoms in total. The molecule has 0 aliphatic carbocycles. The monoisotopic (exact) mass is 213 g/mol. The average molecular weight is 213 g/mol. The van der Waals surface area contributed by atoms with E-state index < -0.39 is 0 Å². The van der Waals surface area contributed by atoms with Gasteiger partial charge in [0.2, 0.25) is 0 Å². The lowest BCUT2D eigenvalue weighted by atomic mass is 10.2. The first kappa shape index (κ1) is 11.7. The lowest BCUT2D eigenvalue weighted by Gasteiger charge is -2.21. The van der Waals surface area contributed by atoms with Crippen LogP contribution in [0.5, 0.6) is 0 Å². The van der Waals surface area contributed by atoms with Gasteiger partial charge in [-0.05, 0) is 39.2 Å². The van der Waals surface area contributed by atoms with Crippen LogP contribution >= 0.6 is 11.8 Å². The number of rotatable bonds is 5. The van der Waals surface area contributed by atoms with E-state index in [-0.39, 0.29) is 0 Å². The first-order valence-electron chi connectivity index (χ1n) is 4.85. The second-order valence-electron chi connectivity index (χ2n) is 4.08. The second-order valence-corrected chi connectivity index (χ2v) is 5.59. The molecule has 0 saturated heterocycles. The van der Waals surface area contributed by atoms with Crippen LogP contribution in [0.3, 0.4) is 0 Å². The van der Waals surface area contributed by atoms with Gasteiger partial charge in [-0.3, -0.25) is 0 Å².